The summed E-state index contributed by atoms with van der Waals surface area (Å²) in [5.74, 6) is 0.291. The van der Waals surface area contributed by atoms with Gasteiger partial charge < -0.3 is 4.74 Å². The predicted octanol–water partition coefficient (Wildman–Crippen LogP) is 2.95. The van der Waals surface area contributed by atoms with Crippen molar-refractivity contribution < 1.29 is 9.53 Å². The van der Waals surface area contributed by atoms with Gasteiger partial charge in [-0.15, -0.1) is 11.8 Å². The lowest BCUT2D eigenvalue weighted by Gasteiger charge is -2.10. The van der Waals surface area contributed by atoms with Crippen LogP contribution in [0, 0.1) is 5.92 Å². The molecule has 20 heavy (non-hydrogen) atoms. The molecule has 0 fully saturated rings. The minimum Gasteiger partial charge on any atom is -0.461 e. The van der Waals surface area contributed by atoms with Gasteiger partial charge in [-0.05, 0) is 11.6 Å². The third kappa shape index (κ3) is 4.66. The molecule has 0 aliphatic heterocycles. The lowest BCUT2D eigenvalue weighted by atomic mass is 10.2. The number of ether oxygens (including phenoxy) is 1. The highest BCUT2D eigenvalue weighted by atomic mass is 32.2. The molecule has 0 bridgehead atoms. The SMILES string of the molecule is CC(CSc1ccncn1)C(=O)OCc1ccccc1. The van der Waals surface area contributed by atoms with E-state index < -0.39 is 0 Å². The van der Waals surface area contributed by atoms with Crippen molar-refractivity contribution in [3.05, 3.63) is 54.5 Å². The standard InChI is InChI=1S/C15H16N2O2S/c1-12(10-20-14-7-8-16-11-17-14)15(18)19-9-13-5-3-2-4-6-13/h2-8,11-12H,9-10H2,1H3. The summed E-state index contributed by atoms with van der Waals surface area (Å²) >= 11 is 1.53. The summed E-state index contributed by atoms with van der Waals surface area (Å²) < 4.78 is 5.29. The molecular weight excluding hydrogens is 272 g/mol. The van der Waals surface area contributed by atoms with E-state index in [0.717, 1.165) is 10.6 Å². The Morgan fingerprint density at radius 1 is 1.30 bits per heavy atom. The van der Waals surface area contributed by atoms with Gasteiger partial charge in [0.15, 0.2) is 0 Å². The molecule has 0 saturated heterocycles. The number of thioether (sulfide) groups is 1. The van der Waals surface area contributed by atoms with Crippen LogP contribution >= 0.6 is 11.8 Å². The van der Waals surface area contributed by atoms with E-state index in [1.807, 2.05) is 43.3 Å². The summed E-state index contributed by atoms with van der Waals surface area (Å²) in [6.07, 6.45) is 3.19. The Morgan fingerprint density at radius 3 is 2.80 bits per heavy atom. The first kappa shape index (κ1) is 14.5. The lowest BCUT2D eigenvalue weighted by molar-refractivity contribution is -0.148. The van der Waals surface area contributed by atoms with E-state index in [1.165, 1.54) is 18.1 Å². The topological polar surface area (TPSA) is 52.1 Å². The fourth-order valence-corrected chi connectivity index (χ4v) is 2.35. The maximum Gasteiger partial charge on any atom is 0.309 e. The fraction of sp³-hybridized carbons (Fsp3) is 0.267. The van der Waals surface area contributed by atoms with Gasteiger partial charge in [-0.3, -0.25) is 4.79 Å². The van der Waals surface area contributed by atoms with Crippen LogP contribution in [0.25, 0.3) is 0 Å². The highest BCUT2D eigenvalue weighted by molar-refractivity contribution is 7.99. The van der Waals surface area contributed by atoms with Crippen LogP contribution < -0.4 is 0 Å². The van der Waals surface area contributed by atoms with E-state index in [9.17, 15) is 4.79 Å². The minimum atomic E-state index is -0.185. The third-order valence-electron chi connectivity index (χ3n) is 2.66. The molecule has 2 rings (SSSR count). The molecule has 0 saturated carbocycles. The van der Waals surface area contributed by atoms with Gasteiger partial charge in [-0.2, -0.15) is 0 Å². The van der Waals surface area contributed by atoms with Gasteiger partial charge >= 0.3 is 5.97 Å². The van der Waals surface area contributed by atoms with Crippen LogP contribution in [-0.2, 0) is 16.1 Å². The monoisotopic (exact) mass is 288 g/mol. The van der Waals surface area contributed by atoms with Crippen molar-refractivity contribution in [1.29, 1.82) is 0 Å². The van der Waals surface area contributed by atoms with Gasteiger partial charge in [-0.1, -0.05) is 37.3 Å². The molecule has 5 heteroatoms. The number of benzene rings is 1. The Bertz CT molecular complexity index is 534. The molecule has 0 amide bonds. The van der Waals surface area contributed by atoms with Gasteiger partial charge in [0, 0.05) is 11.9 Å². The van der Waals surface area contributed by atoms with Gasteiger partial charge in [-0.25, -0.2) is 9.97 Å². The summed E-state index contributed by atoms with van der Waals surface area (Å²) in [5.41, 5.74) is 0.997. The number of nitrogens with zero attached hydrogens (tertiary/aromatic N) is 2. The first-order valence-electron chi connectivity index (χ1n) is 6.35. The predicted molar refractivity (Wildman–Crippen MR) is 78.2 cm³/mol. The average Bonchev–Trinajstić information content (AvgIpc) is 2.52. The number of hydrogen-bond donors (Lipinski definition) is 0. The highest BCUT2D eigenvalue weighted by Gasteiger charge is 2.15. The van der Waals surface area contributed by atoms with E-state index in [0.29, 0.717) is 12.4 Å². The molecule has 1 aromatic carbocycles. The third-order valence-corrected chi connectivity index (χ3v) is 3.87. The van der Waals surface area contributed by atoms with Crippen molar-refractivity contribution in [3.8, 4) is 0 Å². The van der Waals surface area contributed by atoms with Gasteiger partial charge in [0.1, 0.15) is 12.9 Å². The Labute approximate surface area is 122 Å². The van der Waals surface area contributed by atoms with Crippen LogP contribution in [0.5, 0.6) is 0 Å². The van der Waals surface area contributed by atoms with Crippen molar-refractivity contribution in [2.45, 2.75) is 18.6 Å². The number of esters is 1. The first-order chi connectivity index (χ1) is 9.75. The second kappa shape index (κ2) is 7.65. The maximum absolute atomic E-state index is 11.9. The Morgan fingerprint density at radius 2 is 2.10 bits per heavy atom. The zero-order chi connectivity index (χ0) is 14.2. The van der Waals surface area contributed by atoms with Crippen LogP contribution in [0.3, 0.4) is 0 Å². The van der Waals surface area contributed by atoms with Crippen LogP contribution in [0.15, 0.2) is 53.9 Å². The molecule has 0 spiro atoms. The molecule has 4 nitrogen and oxygen atoms in total. The molecule has 1 aromatic heterocycles. The Kier molecular flexibility index (Phi) is 5.55. The van der Waals surface area contributed by atoms with E-state index in [4.69, 9.17) is 4.74 Å². The summed E-state index contributed by atoms with van der Waals surface area (Å²) in [5, 5.41) is 0.864. The Balaban J connectivity index is 1.75. The second-order valence-electron chi connectivity index (χ2n) is 4.35. The molecule has 0 N–H and O–H groups in total. The van der Waals surface area contributed by atoms with E-state index in [2.05, 4.69) is 9.97 Å². The summed E-state index contributed by atoms with van der Waals surface area (Å²) in [6, 6.07) is 11.5. The molecule has 0 aliphatic rings. The smallest absolute Gasteiger partial charge is 0.309 e. The van der Waals surface area contributed by atoms with Gasteiger partial charge in [0.05, 0.1) is 10.9 Å². The fourth-order valence-electron chi connectivity index (χ4n) is 1.51. The Hall–Kier alpha value is -1.88. The van der Waals surface area contributed by atoms with Crippen LogP contribution in [0.4, 0.5) is 0 Å². The maximum atomic E-state index is 11.9. The number of carbonyl (C=O) groups excluding carboxylic acids is 1. The molecule has 1 unspecified atom stereocenters. The van der Waals surface area contributed by atoms with Crippen molar-refractivity contribution in [2.24, 2.45) is 5.92 Å². The van der Waals surface area contributed by atoms with Gasteiger partial charge in [0.2, 0.25) is 0 Å². The highest BCUT2D eigenvalue weighted by Crippen LogP contribution is 2.18. The second-order valence-corrected chi connectivity index (χ2v) is 5.39. The van der Waals surface area contributed by atoms with Crippen LogP contribution in [0.1, 0.15) is 12.5 Å². The van der Waals surface area contributed by atoms with Crippen LogP contribution in [0.2, 0.25) is 0 Å². The van der Waals surface area contributed by atoms with E-state index in [1.54, 1.807) is 6.20 Å². The zero-order valence-corrected chi connectivity index (χ0v) is 12.0. The van der Waals surface area contributed by atoms with E-state index >= 15 is 0 Å². The first-order valence-corrected chi connectivity index (χ1v) is 7.33. The number of rotatable bonds is 6. The molecule has 0 aliphatic carbocycles. The number of carbonyl (C=O) groups is 1. The van der Waals surface area contributed by atoms with Crippen LogP contribution in [-0.4, -0.2) is 21.7 Å². The molecule has 0 radical (unpaired) electrons. The summed E-state index contributed by atoms with van der Waals surface area (Å²) in [7, 11) is 0. The summed E-state index contributed by atoms with van der Waals surface area (Å²) in [4.78, 5) is 19.8. The lowest BCUT2D eigenvalue weighted by Crippen LogP contribution is -2.16. The van der Waals surface area contributed by atoms with E-state index in [-0.39, 0.29) is 11.9 Å². The largest absolute Gasteiger partial charge is 0.461 e. The van der Waals surface area contributed by atoms with Crippen molar-refractivity contribution in [1.82, 2.24) is 9.97 Å². The molecule has 1 heterocycles. The number of aromatic nitrogens is 2. The van der Waals surface area contributed by atoms with Crippen molar-refractivity contribution in [2.75, 3.05) is 5.75 Å². The van der Waals surface area contributed by atoms with Gasteiger partial charge in [0.25, 0.3) is 0 Å². The number of hydrogen-bond acceptors (Lipinski definition) is 5. The zero-order valence-electron chi connectivity index (χ0n) is 11.2. The average molecular weight is 288 g/mol. The quantitative estimate of drug-likeness (QED) is 0.465. The minimum absolute atomic E-state index is 0.168. The molecular formula is C15H16N2O2S. The van der Waals surface area contributed by atoms with Crippen molar-refractivity contribution >= 4 is 17.7 Å². The van der Waals surface area contributed by atoms with Crippen molar-refractivity contribution in [3.63, 3.8) is 0 Å². The normalized spacial score (nSPS) is 11.8. The molecule has 1 atom stereocenters. The molecule has 104 valence electrons. The molecule has 2 aromatic rings. The summed E-state index contributed by atoms with van der Waals surface area (Å²) in [6.45, 7) is 2.18.